The highest BCUT2D eigenvalue weighted by Gasteiger charge is 2.11. The molecule has 2 heterocycles. The normalized spacial score (nSPS) is 10.7. The minimum absolute atomic E-state index is 0.166. The van der Waals surface area contributed by atoms with Gasteiger partial charge in [-0.25, -0.2) is 9.67 Å². The lowest BCUT2D eigenvalue weighted by Crippen LogP contribution is -2.27. The van der Waals surface area contributed by atoms with Crippen LogP contribution < -0.4 is 10.9 Å². The highest BCUT2D eigenvalue weighted by Crippen LogP contribution is 2.12. The van der Waals surface area contributed by atoms with Crippen LogP contribution in [0.1, 0.15) is 21.5 Å². The Morgan fingerprint density at radius 3 is 2.58 bits per heavy atom. The number of carbonyl (C=O) groups is 1. The minimum atomic E-state index is -0.245. The fraction of sp³-hybridized carbons (Fsp3) is 0.136. The average molecular weight is 477 g/mol. The zero-order chi connectivity index (χ0) is 21.8. The third-order valence-corrected chi connectivity index (χ3v) is 5.30. The van der Waals surface area contributed by atoms with Crippen molar-refractivity contribution in [2.75, 3.05) is 6.54 Å². The molecule has 2 aromatic heterocycles. The topological polar surface area (TPSA) is 106 Å². The fourth-order valence-corrected chi connectivity index (χ4v) is 3.40. The molecule has 0 bridgehead atoms. The van der Waals surface area contributed by atoms with Crippen LogP contribution in [-0.4, -0.2) is 31.8 Å². The van der Waals surface area contributed by atoms with Gasteiger partial charge in [0.2, 0.25) is 0 Å². The van der Waals surface area contributed by atoms with Gasteiger partial charge in [0.05, 0.1) is 30.9 Å². The van der Waals surface area contributed by atoms with Crippen molar-refractivity contribution < 1.29 is 4.79 Å². The van der Waals surface area contributed by atoms with Gasteiger partial charge in [-0.1, -0.05) is 28.1 Å². The Bertz CT molecular complexity index is 1330. The summed E-state index contributed by atoms with van der Waals surface area (Å²) >= 11 is 3.40. The van der Waals surface area contributed by atoms with E-state index in [1.165, 1.54) is 12.5 Å². The smallest absolute Gasteiger partial charge is 0.264 e. The summed E-state index contributed by atoms with van der Waals surface area (Å²) in [6.07, 6.45) is 3.02. The van der Waals surface area contributed by atoms with Gasteiger partial charge in [-0.05, 0) is 42.0 Å². The fourth-order valence-electron chi connectivity index (χ4n) is 3.13. The number of fused-ring (bicyclic) bond motifs is 1. The van der Waals surface area contributed by atoms with E-state index in [1.54, 1.807) is 33.5 Å². The molecule has 8 nitrogen and oxygen atoms in total. The van der Waals surface area contributed by atoms with Crippen LogP contribution in [-0.2, 0) is 13.1 Å². The van der Waals surface area contributed by atoms with Crippen LogP contribution in [0.3, 0.4) is 0 Å². The van der Waals surface area contributed by atoms with Gasteiger partial charge in [0.25, 0.3) is 11.5 Å². The Kier molecular flexibility index (Phi) is 5.91. The molecular weight excluding hydrogens is 460 g/mol. The first-order chi connectivity index (χ1) is 15.0. The van der Waals surface area contributed by atoms with Gasteiger partial charge >= 0.3 is 0 Å². The third-order valence-electron chi connectivity index (χ3n) is 4.77. The molecule has 0 saturated heterocycles. The van der Waals surface area contributed by atoms with E-state index in [-0.39, 0.29) is 11.5 Å². The Morgan fingerprint density at radius 2 is 1.87 bits per heavy atom. The van der Waals surface area contributed by atoms with Crippen molar-refractivity contribution in [1.29, 1.82) is 5.26 Å². The first-order valence-corrected chi connectivity index (χ1v) is 10.3. The van der Waals surface area contributed by atoms with Crippen molar-refractivity contribution >= 4 is 32.9 Å². The highest BCUT2D eigenvalue weighted by atomic mass is 79.9. The zero-order valence-corrected chi connectivity index (χ0v) is 17.9. The number of amides is 1. The third kappa shape index (κ3) is 4.54. The number of nitrogens with one attached hydrogen (secondary N) is 1. The van der Waals surface area contributed by atoms with E-state index in [9.17, 15) is 9.59 Å². The van der Waals surface area contributed by atoms with E-state index in [4.69, 9.17) is 5.26 Å². The second-order valence-corrected chi connectivity index (χ2v) is 7.77. The highest BCUT2D eigenvalue weighted by molar-refractivity contribution is 9.10. The quantitative estimate of drug-likeness (QED) is 0.460. The molecule has 0 aliphatic rings. The van der Waals surface area contributed by atoms with Crippen LogP contribution in [0, 0.1) is 11.3 Å². The molecule has 9 heteroatoms. The predicted octanol–water partition coefficient (Wildman–Crippen LogP) is 2.71. The molecule has 0 aliphatic heterocycles. The van der Waals surface area contributed by atoms with E-state index in [1.807, 2.05) is 30.3 Å². The van der Waals surface area contributed by atoms with Crippen molar-refractivity contribution in [3.8, 4) is 6.07 Å². The maximum atomic E-state index is 12.8. The lowest BCUT2D eigenvalue weighted by molar-refractivity contribution is 0.0952. The molecule has 0 fully saturated rings. The molecule has 0 aliphatic carbocycles. The Hall–Kier alpha value is -3.77. The second-order valence-electron chi connectivity index (χ2n) is 6.85. The van der Waals surface area contributed by atoms with Crippen molar-refractivity contribution in [3.63, 3.8) is 0 Å². The second kappa shape index (κ2) is 8.93. The van der Waals surface area contributed by atoms with Crippen molar-refractivity contribution in [1.82, 2.24) is 24.6 Å². The summed E-state index contributed by atoms with van der Waals surface area (Å²) in [7, 11) is 0. The van der Waals surface area contributed by atoms with Gasteiger partial charge < -0.3 is 5.32 Å². The summed E-state index contributed by atoms with van der Waals surface area (Å²) in [6.45, 7) is 1.11. The summed E-state index contributed by atoms with van der Waals surface area (Å²) in [5.41, 5.74) is 2.27. The van der Waals surface area contributed by atoms with Gasteiger partial charge in [-0.2, -0.15) is 10.4 Å². The van der Waals surface area contributed by atoms with Crippen LogP contribution in [0.25, 0.3) is 11.0 Å². The molecule has 0 unspecified atom stereocenters. The number of hydrogen-bond acceptors (Lipinski definition) is 5. The number of aromatic nitrogens is 4. The number of nitrogens with zero attached hydrogens (tertiary/aromatic N) is 5. The summed E-state index contributed by atoms with van der Waals surface area (Å²) in [4.78, 5) is 29.4. The molecule has 4 aromatic rings. The maximum absolute atomic E-state index is 12.8. The number of nitriles is 1. The molecular formula is C22H17BrN6O2. The van der Waals surface area contributed by atoms with Gasteiger partial charge in [0, 0.05) is 16.6 Å². The van der Waals surface area contributed by atoms with E-state index >= 15 is 0 Å². The lowest BCUT2D eigenvalue weighted by Gasteiger charge is -2.08. The Balaban J connectivity index is 1.43. The average Bonchev–Trinajstić information content (AvgIpc) is 3.21. The molecule has 31 heavy (non-hydrogen) atoms. The minimum Gasteiger partial charge on any atom is -0.350 e. The molecule has 0 atom stereocenters. The van der Waals surface area contributed by atoms with Crippen LogP contribution >= 0.6 is 15.9 Å². The number of benzene rings is 2. The molecule has 0 spiro atoms. The van der Waals surface area contributed by atoms with Gasteiger partial charge in [-0.15, -0.1) is 0 Å². The largest absolute Gasteiger partial charge is 0.350 e. The van der Waals surface area contributed by atoms with Gasteiger partial charge in [-0.3, -0.25) is 14.2 Å². The first kappa shape index (κ1) is 20.5. The maximum Gasteiger partial charge on any atom is 0.264 e. The number of carbonyl (C=O) groups excluding carboxylic acids is 1. The predicted molar refractivity (Wildman–Crippen MR) is 119 cm³/mol. The Morgan fingerprint density at radius 1 is 1.13 bits per heavy atom. The standard InChI is InChI=1S/C22H17BrN6O2/c23-18-7-3-16(4-8-18)13-28-14-26-20-19(22(28)31)12-27-29(20)10-9-25-21(30)17-5-1-15(11-24)2-6-17/h1-8,12,14H,9-10,13H2,(H,25,30). The summed E-state index contributed by atoms with van der Waals surface area (Å²) in [6, 6.07) is 16.2. The summed E-state index contributed by atoms with van der Waals surface area (Å²) in [5.74, 6) is -0.245. The Labute approximate surface area is 185 Å². The van der Waals surface area contributed by atoms with Crippen LogP contribution in [0.2, 0.25) is 0 Å². The van der Waals surface area contributed by atoms with Gasteiger partial charge in [0.1, 0.15) is 11.7 Å². The monoisotopic (exact) mass is 476 g/mol. The first-order valence-electron chi connectivity index (χ1n) is 9.49. The van der Waals surface area contributed by atoms with Crippen LogP contribution in [0.5, 0.6) is 0 Å². The van der Waals surface area contributed by atoms with Crippen molar-refractivity contribution in [2.24, 2.45) is 0 Å². The molecule has 154 valence electrons. The number of halogens is 1. The van der Waals surface area contributed by atoms with E-state index in [0.29, 0.717) is 41.8 Å². The summed E-state index contributed by atoms with van der Waals surface area (Å²) < 4.78 is 4.12. The van der Waals surface area contributed by atoms with Crippen molar-refractivity contribution in [3.05, 3.63) is 92.6 Å². The molecule has 1 N–H and O–H groups in total. The molecule has 1 amide bonds. The molecule has 0 saturated carbocycles. The van der Waals surface area contributed by atoms with E-state index in [2.05, 4.69) is 31.3 Å². The number of hydrogen-bond donors (Lipinski definition) is 1. The van der Waals surface area contributed by atoms with Crippen molar-refractivity contribution in [2.45, 2.75) is 13.1 Å². The summed E-state index contributed by atoms with van der Waals surface area (Å²) in [5, 5.41) is 16.3. The van der Waals surface area contributed by atoms with E-state index < -0.39 is 0 Å². The lowest BCUT2D eigenvalue weighted by atomic mass is 10.1. The zero-order valence-electron chi connectivity index (χ0n) is 16.3. The van der Waals surface area contributed by atoms with E-state index in [0.717, 1.165) is 10.0 Å². The number of rotatable bonds is 6. The van der Waals surface area contributed by atoms with Crippen LogP contribution in [0.15, 0.2) is 70.3 Å². The SMILES string of the molecule is N#Cc1ccc(C(=O)NCCn2ncc3c(=O)n(Cc4ccc(Br)cc4)cnc32)cc1. The molecule has 2 aromatic carbocycles. The van der Waals surface area contributed by atoms with Gasteiger partial charge in [0.15, 0.2) is 5.65 Å². The van der Waals surface area contributed by atoms with Crippen LogP contribution in [0.4, 0.5) is 0 Å². The molecule has 0 radical (unpaired) electrons. The molecule has 4 rings (SSSR count).